The molecular formula is C24H27N5O4. The topological polar surface area (TPSA) is 113 Å². The third-order valence-corrected chi connectivity index (χ3v) is 6.48. The van der Waals surface area contributed by atoms with Crippen LogP contribution in [0.5, 0.6) is 5.88 Å². The Labute approximate surface area is 191 Å². The van der Waals surface area contributed by atoms with E-state index in [0.717, 1.165) is 42.7 Å². The monoisotopic (exact) mass is 449 g/mol. The molecule has 2 aromatic rings. The number of carbonyl (C=O) groups is 3. The molecule has 1 aromatic heterocycles. The molecule has 33 heavy (non-hydrogen) atoms. The van der Waals surface area contributed by atoms with E-state index < -0.39 is 11.9 Å². The van der Waals surface area contributed by atoms with Gasteiger partial charge in [0, 0.05) is 31.3 Å². The number of piperidine rings is 2. The summed E-state index contributed by atoms with van der Waals surface area (Å²) in [5, 5.41) is 9.09. The number of carbonyl (C=O) groups excluding carboxylic acids is 3. The van der Waals surface area contributed by atoms with Crippen LogP contribution in [-0.4, -0.2) is 52.8 Å². The van der Waals surface area contributed by atoms with Gasteiger partial charge in [-0.15, -0.1) is 0 Å². The highest BCUT2D eigenvalue weighted by Crippen LogP contribution is 2.31. The first-order chi connectivity index (χ1) is 16.1. The van der Waals surface area contributed by atoms with Gasteiger partial charge in [-0.05, 0) is 61.7 Å². The van der Waals surface area contributed by atoms with E-state index in [2.05, 4.69) is 20.9 Å². The lowest BCUT2D eigenvalue weighted by Gasteiger charge is -2.29. The second-order valence-corrected chi connectivity index (χ2v) is 8.62. The Morgan fingerprint density at radius 1 is 1.09 bits per heavy atom. The lowest BCUT2D eigenvalue weighted by Crippen LogP contribution is -2.52. The van der Waals surface area contributed by atoms with Gasteiger partial charge < -0.3 is 20.3 Å². The van der Waals surface area contributed by atoms with Gasteiger partial charge in [-0.2, -0.15) is 0 Å². The minimum Gasteiger partial charge on any atom is -0.473 e. The van der Waals surface area contributed by atoms with Crippen molar-refractivity contribution in [2.45, 2.75) is 50.9 Å². The number of fused-ring (bicyclic) bond motifs is 1. The Kier molecular flexibility index (Phi) is 5.95. The van der Waals surface area contributed by atoms with Crippen molar-refractivity contribution in [3.8, 4) is 5.88 Å². The molecule has 2 fully saturated rings. The number of hydrogen-bond acceptors (Lipinski definition) is 7. The molecular weight excluding hydrogens is 422 g/mol. The summed E-state index contributed by atoms with van der Waals surface area (Å²) in [4.78, 5) is 42.8. The summed E-state index contributed by atoms with van der Waals surface area (Å²) in [6, 6.07) is 8.82. The van der Waals surface area contributed by atoms with E-state index >= 15 is 0 Å². The van der Waals surface area contributed by atoms with Gasteiger partial charge in [0.15, 0.2) is 0 Å². The average molecular weight is 450 g/mol. The van der Waals surface area contributed by atoms with Gasteiger partial charge in [0.05, 0.1) is 5.69 Å². The van der Waals surface area contributed by atoms with Crippen molar-refractivity contribution in [3.05, 3.63) is 53.2 Å². The van der Waals surface area contributed by atoms with Crippen molar-refractivity contribution in [3.63, 3.8) is 0 Å². The molecule has 0 aliphatic carbocycles. The minimum atomic E-state index is -0.619. The highest BCUT2D eigenvalue weighted by Gasteiger charge is 2.39. The molecule has 3 N–H and O–H groups in total. The van der Waals surface area contributed by atoms with E-state index in [0.29, 0.717) is 31.0 Å². The zero-order valence-electron chi connectivity index (χ0n) is 18.3. The summed E-state index contributed by atoms with van der Waals surface area (Å²) in [7, 11) is 0. The number of rotatable bonds is 6. The Morgan fingerprint density at radius 3 is 2.76 bits per heavy atom. The Balaban J connectivity index is 1.30. The number of pyridine rings is 1. The summed E-state index contributed by atoms with van der Waals surface area (Å²) in [5.74, 6) is -0.276. The molecule has 1 unspecified atom stereocenters. The molecule has 9 nitrogen and oxygen atoms in total. The molecule has 2 saturated heterocycles. The molecule has 0 bridgehead atoms. The van der Waals surface area contributed by atoms with Gasteiger partial charge >= 0.3 is 0 Å². The van der Waals surface area contributed by atoms with Crippen molar-refractivity contribution >= 4 is 23.4 Å². The molecule has 9 heteroatoms. The van der Waals surface area contributed by atoms with Crippen molar-refractivity contribution in [1.82, 2.24) is 20.5 Å². The molecule has 0 radical (unpaired) electrons. The maximum Gasteiger partial charge on any atom is 0.255 e. The average Bonchev–Trinajstić information content (AvgIpc) is 3.16. The van der Waals surface area contributed by atoms with Crippen LogP contribution in [0, 0.1) is 0 Å². The molecule has 4 heterocycles. The van der Waals surface area contributed by atoms with Crippen LogP contribution in [0.25, 0.3) is 0 Å². The Hall–Kier alpha value is -3.46. The van der Waals surface area contributed by atoms with Gasteiger partial charge in [-0.3, -0.25) is 19.7 Å². The van der Waals surface area contributed by atoms with E-state index in [1.807, 2.05) is 24.3 Å². The van der Waals surface area contributed by atoms with E-state index in [1.165, 1.54) is 0 Å². The first-order valence-electron chi connectivity index (χ1n) is 11.4. The van der Waals surface area contributed by atoms with Crippen LogP contribution >= 0.6 is 0 Å². The number of aromatic nitrogens is 1. The predicted octanol–water partition coefficient (Wildman–Crippen LogP) is 1.59. The molecule has 0 spiro atoms. The van der Waals surface area contributed by atoms with Gasteiger partial charge in [0.1, 0.15) is 12.1 Å². The maximum absolute atomic E-state index is 13.0. The summed E-state index contributed by atoms with van der Waals surface area (Å²) in [5.41, 5.74) is 3.30. The predicted molar refractivity (Wildman–Crippen MR) is 121 cm³/mol. The third-order valence-electron chi connectivity index (χ3n) is 6.48. The van der Waals surface area contributed by atoms with Gasteiger partial charge in [0.25, 0.3) is 5.91 Å². The molecule has 3 aliphatic rings. The van der Waals surface area contributed by atoms with Gasteiger partial charge in [-0.1, -0.05) is 12.1 Å². The molecule has 172 valence electrons. The first kappa shape index (κ1) is 21.4. The SMILES string of the molecule is O=C1CCC(N2Cc3c(CNc4cccnc4OC4CCNCC4)cccc3C2=O)C(=O)N1. The second kappa shape index (κ2) is 9.19. The lowest BCUT2D eigenvalue weighted by molar-refractivity contribution is -0.136. The number of benzene rings is 1. The standard InChI is InChI=1S/C24H27N5O4/c30-21-7-6-20(22(31)28-21)29-14-18-15(3-1-4-17(18)24(29)32)13-27-19-5-2-10-26-23(19)33-16-8-11-25-12-9-16/h1-5,10,16,20,25,27H,6-9,11-14H2,(H,28,30,31). The van der Waals surface area contributed by atoms with E-state index in [1.54, 1.807) is 17.2 Å². The molecule has 1 aromatic carbocycles. The quantitative estimate of drug-likeness (QED) is 0.574. The number of imide groups is 1. The smallest absolute Gasteiger partial charge is 0.255 e. The lowest BCUT2D eigenvalue weighted by atomic mass is 10.0. The number of nitrogens with zero attached hydrogens (tertiary/aromatic N) is 2. The number of nitrogens with one attached hydrogen (secondary N) is 3. The number of hydrogen-bond donors (Lipinski definition) is 3. The minimum absolute atomic E-state index is 0.141. The normalized spacial score (nSPS) is 21.0. The number of amides is 3. The zero-order valence-corrected chi connectivity index (χ0v) is 18.3. The van der Waals surface area contributed by atoms with E-state index in [4.69, 9.17) is 4.74 Å². The van der Waals surface area contributed by atoms with Crippen molar-refractivity contribution in [2.24, 2.45) is 0 Å². The molecule has 3 aliphatic heterocycles. The van der Waals surface area contributed by atoms with Crippen LogP contribution in [0.1, 0.15) is 47.2 Å². The van der Waals surface area contributed by atoms with E-state index in [-0.39, 0.29) is 24.3 Å². The summed E-state index contributed by atoms with van der Waals surface area (Å²) >= 11 is 0. The second-order valence-electron chi connectivity index (χ2n) is 8.62. The fraction of sp³-hybridized carbons (Fsp3) is 0.417. The number of ether oxygens (including phenoxy) is 1. The molecule has 0 saturated carbocycles. The summed E-state index contributed by atoms with van der Waals surface area (Å²) in [6.07, 6.45) is 4.35. The van der Waals surface area contributed by atoms with Crippen LogP contribution in [0.15, 0.2) is 36.5 Å². The zero-order chi connectivity index (χ0) is 22.8. The van der Waals surface area contributed by atoms with Crippen molar-refractivity contribution in [2.75, 3.05) is 18.4 Å². The Bertz CT molecular complexity index is 1080. The molecule has 5 rings (SSSR count). The van der Waals surface area contributed by atoms with Crippen LogP contribution in [0.3, 0.4) is 0 Å². The highest BCUT2D eigenvalue weighted by molar-refractivity contribution is 6.05. The highest BCUT2D eigenvalue weighted by atomic mass is 16.5. The maximum atomic E-state index is 13.0. The van der Waals surface area contributed by atoms with E-state index in [9.17, 15) is 14.4 Å². The Morgan fingerprint density at radius 2 is 1.94 bits per heavy atom. The van der Waals surface area contributed by atoms with Crippen LogP contribution in [-0.2, 0) is 22.7 Å². The largest absolute Gasteiger partial charge is 0.473 e. The first-order valence-corrected chi connectivity index (χ1v) is 11.4. The fourth-order valence-electron chi connectivity index (χ4n) is 4.70. The van der Waals surface area contributed by atoms with Crippen molar-refractivity contribution < 1.29 is 19.1 Å². The van der Waals surface area contributed by atoms with Gasteiger partial charge in [-0.25, -0.2) is 4.98 Å². The van der Waals surface area contributed by atoms with Crippen molar-refractivity contribution in [1.29, 1.82) is 0 Å². The molecule has 1 atom stereocenters. The molecule has 3 amide bonds. The summed E-state index contributed by atoms with van der Waals surface area (Å²) < 4.78 is 6.15. The summed E-state index contributed by atoms with van der Waals surface area (Å²) in [6.45, 7) is 2.72. The van der Waals surface area contributed by atoms with Gasteiger partial charge in [0.2, 0.25) is 17.7 Å². The fourth-order valence-corrected chi connectivity index (χ4v) is 4.70. The third kappa shape index (κ3) is 4.41. The van der Waals surface area contributed by atoms with Crippen LogP contribution in [0.2, 0.25) is 0 Å². The van der Waals surface area contributed by atoms with Crippen LogP contribution in [0.4, 0.5) is 5.69 Å². The van der Waals surface area contributed by atoms with Crippen LogP contribution < -0.4 is 20.7 Å². The number of anilines is 1.